The number of aromatic nitrogens is 11. The standard InChI is InChI=1S/C26H26FN5O.C24H25N7O.C23H26N6O2/c1-3-17-10-11-20(27)19-14-21(30-22(17)19)23-24-25(28)29-12-13-32(24)26(31-23)18-8-6-16(7-9-18)5-4-15(2)33;1-4-15-6-5-7-17-14-18(27-19(15)17)20-21-22(25)26-10-13-31(21)23(28-20)16-8-11-30(12-9-16)24(32)29(2)3;1-14-5-4-6-16-13-17(31-20(14)16)18-19-21(24)25-9-12-29(19)22(26-18)15-7-10-28(11-8-15)23(30)27(2)3/h1,10-14,16,18,30H,4-9H2,2H3,(H2,28,29);1,5-7,10,13-14,16,27H,8-9,11-12H2,2-3H3,(H2,25,26);4-6,9,12-13,15H,7-8,10-11H2,1-3H3,(H2,24,25). The minimum Gasteiger partial charge on any atom is -0.454 e. The topological polar surface area (TPSA) is 278 Å². The minimum absolute atomic E-state index is 0.0490. The summed E-state index contributed by atoms with van der Waals surface area (Å²) in [6.45, 7) is 6.50. The van der Waals surface area contributed by atoms with E-state index >= 15 is 0 Å². The van der Waals surface area contributed by atoms with Crippen LogP contribution in [0.3, 0.4) is 0 Å². The van der Waals surface area contributed by atoms with E-state index in [2.05, 4.69) is 36.8 Å². The second-order valence-corrected chi connectivity index (χ2v) is 25.8. The van der Waals surface area contributed by atoms with Gasteiger partial charge in [-0.1, -0.05) is 42.2 Å². The van der Waals surface area contributed by atoms with Crippen LogP contribution in [0, 0.1) is 43.3 Å². The van der Waals surface area contributed by atoms with Crippen molar-refractivity contribution in [3.8, 4) is 58.9 Å². The molecular formula is C73H77FN18O4. The number of hydrogen-bond acceptors (Lipinski definition) is 13. The molecule has 0 atom stereocenters. The second kappa shape index (κ2) is 26.3. The first-order valence-corrected chi connectivity index (χ1v) is 32.5. The van der Waals surface area contributed by atoms with Crippen molar-refractivity contribution < 1.29 is 23.2 Å². The molecular weight excluding hydrogens is 1210 g/mol. The first-order valence-electron chi connectivity index (χ1n) is 32.5. The van der Waals surface area contributed by atoms with Crippen molar-refractivity contribution in [1.29, 1.82) is 0 Å². The number of likely N-dealkylation sites (tertiary alicyclic amines) is 2. The molecule has 11 heterocycles. The number of urea groups is 2. The molecule has 3 fully saturated rings. The number of H-pyrrole nitrogens is 2. The number of nitrogens with two attached hydrogens (primary N) is 3. The first-order chi connectivity index (χ1) is 46.4. The van der Waals surface area contributed by atoms with Crippen LogP contribution in [0.4, 0.5) is 31.4 Å². The van der Waals surface area contributed by atoms with E-state index in [0.717, 1.165) is 131 Å². The number of ketones is 1. The highest BCUT2D eigenvalue weighted by atomic mass is 19.1. The molecule has 3 aliphatic rings. The molecule has 490 valence electrons. The lowest BCUT2D eigenvalue weighted by atomic mass is 9.79. The number of carbonyl (C=O) groups excluding carboxylic acids is 3. The van der Waals surface area contributed by atoms with Crippen molar-refractivity contribution in [2.75, 3.05) is 71.6 Å². The molecule has 0 spiro atoms. The van der Waals surface area contributed by atoms with E-state index in [-0.39, 0.29) is 41.4 Å². The number of amides is 4. The number of nitrogen functional groups attached to an aromatic ring is 3. The average molecular weight is 1290 g/mol. The van der Waals surface area contributed by atoms with Gasteiger partial charge < -0.3 is 56.0 Å². The van der Waals surface area contributed by atoms with Gasteiger partial charge in [0.2, 0.25) is 0 Å². The highest BCUT2D eigenvalue weighted by Crippen LogP contribution is 2.42. The SMILES string of the molecule is C#Cc1ccc(F)c2cc(-c3nc(C4CCC(CCC(C)=O)CC4)n4ccnc(N)c34)[nH]c12.C#Cc1cccc2cc(-c3nc(C4CCN(C(=O)N(C)C)CC4)n4ccnc(N)c34)[nH]c12.Cc1cccc2cc(-c3nc(C4CCN(C(=O)N(C)C)CC4)n4ccnc(N)c34)oc12. The zero-order valence-electron chi connectivity index (χ0n) is 54.7. The number of hydrogen-bond donors (Lipinski definition) is 5. The van der Waals surface area contributed by atoms with Crippen LogP contribution >= 0.6 is 0 Å². The van der Waals surface area contributed by atoms with Crippen LogP contribution in [-0.2, 0) is 4.79 Å². The van der Waals surface area contributed by atoms with Gasteiger partial charge in [-0.05, 0) is 120 Å². The Hall–Kier alpha value is -11.2. The summed E-state index contributed by atoms with van der Waals surface area (Å²) < 4.78 is 26.8. The van der Waals surface area contributed by atoms with Gasteiger partial charge in [0.1, 0.15) is 85.7 Å². The van der Waals surface area contributed by atoms with Gasteiger partial charge in [0, 0.05) is 143 Å². The van der Waals surface area contributed by atoms with Crippen LogP contribution in [0.2, 0.25) is 0 Å². The van der Waals surface area contributed by atoms with Crippen LogP contribution in [0.5, 0.6) is 0 Å². The molecule has 0 unspecified atom stereocenters. The first kappa shape index (κ1) is 63.6. The number of fused-ring (bicyclic) bond motifs is 6. The van der Waals surface area contributed by atoms with Gasteiger partial charge in [0.25, 0.3) is 0 Å². The number of furan rings is 1. The molecule has 96 heavy (non-hydrogen) atoms. The molecule has 9 aromatic heterocycles. The Morgan fingerprint density at radius 3 is 1.58 bits per heavy atom. The molecule has 2 aliphatic heterocycles. The summed E-state index contributed by atoms with van der Waals surface area (Å²) in [4.78, 5) is 77.6. The lowest BCUT2D eigenvalue weighted by Gasteiger charge is -2.33. The summed E-state index contributed by atoms with van der Waals surface area (Å²) in [5.41, 5.74) is 29.6. The number of para-hydroxylation sites is 2. The zero-order valence-corrected chi connectivity index (χ0v) is 54.7. The van der Waals surface area contributed by atoms with Crippen molar-refractivity contribution >= 4 is 84.6 Å². The van der Waals surface area contributed by atoms with Crippen molar-refractivity contribution in [3.05, 3.63) is 144 Å². The van der Waals surface area contributed by atoms with Gasteiger partial charge in [-0.15, -0.1) is 12.8 Å². The van der Waals surface area contributed by atoms with Gasteiger partial charge in [-0.2, -0.15) is 0 Å². The van der Waals surface area contributed by atoms with Gasteiger partial charge in [-0.3, -0.25) is 13.2 Å². The Morgan fingerprint density at radius 1 is 0.604 bits per heavy atom. The maximum Gasteiger partial charge on any atom is 0.319 e. The summed E-state index contributed by atoms with van der Waals surface area (Å²) in [5, 5.41) is 2.49. The molecule has 23 heteroatoms. The second-order valence-electron chi connectivity index (χ2n) is 25.8. The maximum absolute atomic E-state index is 14.5. The number of imidazole rings is 3. The van der Waals surface area contributed by atoms with Crippen molar-refractivity contribution in [2.24, 2.45) is 5.92 Å². The van der Waals surface area contributed by atoms with Crippen molar-refractivity contribution in [2.45, 2.75) is 95.8 Å². The lowest BCUT2D eigenvalue weighted by molar-refractivity contribution is -0.117. The molecule has 12 aromatic rings. The fourth-order valence-corrected chi connectivity index (χ4v) is 14.2. The minimum atomic E-state index is -0.342. The number of anilines is 3. The Morgan fingerprint density at radius 2 is 1.07 bits per heavy atom. The zero-order chi connectivity index (χ0) is 67.2. The van der Waals surface area contributed by atoms with Gasteiger partial charge in [0.15, 0.2) is 5.76 Å². The third-order valence-electron chi connectivity index (χ3n) is 19.2. The highest BCUT2D eigenvalue weighted by Gasteiger charge is 2.33. The Labute approximate surface area is 554 Å². The van der Waals surface area contributed by atoms with E-state index in [1.807, 2.05) is 97.0 Å². The number of aromatic amines is 2. The summed E-state index contributed by atoms with van der Waals surface area (Å²) in [5.74, 6) is 11.3. The summed E-state index contributed by atoms with van der Waals surface area (Å²) in [6, 6.07) is 20.9. The number of carbonyl (C=O) groups is 3. The third kappa shape index (κ3) is 12.0. The number of terminal acetylenes is 2. The number of benzene rings is 3. The van der Waals surface area contributed by atoms with Crippen LogP contribution in [-0.4, -0.2) is 145 Å². The van der Waals surface area contributed by atoms with Crippen LogP contribution in [0.1, 0.15) is 123 Å². The molecule has 1 aliphatic carbocycles. The van der Waals surface area contributed by atoms with Crippen LogP contribution < -0.4 is 17.2 Å². The van der Waals surface area contributed by atoms with Crippen molar-refractivity contribution in [3.63, 3.8) is 0 Å². The molecule has 1 saturated carbocycles. The summed E-state index contributed by atoms with van der Waals surface area (Å²) in [7, 11) is 7.14. The molecule has 4 amide bonds. The number of Topliss-reactive ketones (excluding diaryl/α,β-unsaturated/α-hetero) is 1. The third-order valence-corrected chi connectivity index (χ3v) is 19.2. The van der Waals surface area contributed by atoms with Crippen molar-refractivity contribution in [1.82, 2.24) is 72.7 Å². The number of piperidine rings is 2. The number of nitrogens with one attached hydrogen (secondary N) is 2. The molecule has 8 N–H and O–H groups in total. The Balaban J connectivity index is 0.000000130. The van der Waals surface area contributed by atoms with Crippen LogP contribution in [0.25, 0.3) is 83.6 Å². The quantitative estimate of drug-likeness (QED) is 0.0842. The predicted molar refractivity (Wildman–Crippen MR) is 372 cm³/mol. The molecule has 0 radical (unpaired) electrons. The lowest BCUT2D eigenvalue weighted by Crippen LogP contribution is -2.43. The van der Waals surface area contributed by atoms with Crippen LogP contribution in [0.15, 0.2) is 108 Å². The molecule has 3 aromatic carbocycles. The summed E-state index contributed by atoms with van der Waals surface area (Å²) >= 11 is 0. The Bertz CT molecular complexity index is 5050. The number of halogens is 1. The fourth-order valence-electron chi connectivity index (χ4n) is 14.2. The molecule has 22 nitrogen and oxygen atoms in total. The summed E-state index contributed by atoms with van der Waals surface area (Å²) in [6.07, 6.45) is 31.2. The number of aryl methyl sites for hydroxylation is 1. The van der Waals surface area contributed by atoms with Gasteiger partial charge >= 0.3 is 12.1 Å². The average Bonchev–Trinajstić information content (AvgIpc) is 1.61. The van der Waals surface area contributed by atoms with E-state index in [9.17, 15) is 18.8 Å². The fraction of sp³-hybridized carbons (Fsp3) is 0.329. The van der Waals surface area contributed by atoms with Gasteiger partial charge in [-0.25, -0.2) is 43.9 Å². The molecule has 2 saturated heterocycles. The highest BCUT2D eigenvalue weighted by molar-refractivity contribution is 5.96. The number of nitrogens with zero attached hydrogens (tertiary/aromatic N) is 13. The van der Waals surface area contributed by atoms with E-state index in [1.54, 1.807) is 75.6 Å². The normalized spacial score (nSPS) is 16.2. The van der Waals surface area contributed by atoms with Gasteiger partial charge in [0.05, 0.1) is 22.4 Å². The predicted octanol–water partition coefficient (Wildman–Crippen LogP) is 12.4. The monoisotopic (exact) mass is 1290 g/mol. The van der Waals surface area contributed by atoms with E-state index in [0.29, 0.717) is 101 Å². The molecule has 15 rings (SSSR count). The van der Waals surface area contributed by atoms with E-state index < -0.39 is 0 Å². The van der Waals surface area contributed by atoms with E-state index in [1.165, 1.54) is 6.07 Å². The number of rotatable bonds is 9. The largest absolute Gasteiger partial charge is 0.454 e. The van der Waals surface area contributed by atoms with E-state index in [4.69, 9.17) is 49.4 Å². The molecule has 0 bridgehead atoms. The maximum atomic E-state index is 14.5. The Kier molecular flexibility index (Phi) is 17.4. The smallest absolute Gasteiger partial charge is 0.319 e.